The summed E-state index contributed by atoms with van der Waals surface area (Å²) < 4.78 is 27.1. The van der Waals surface area contributed by atoms with E-state index in [1.165, 1.54) is 0 Å². The van der Waals surface area contributed by atoms with Crippen LogP contribution in [-0.4, -0.2) is 54.5 Å². The number of amides is 1. The van der Waals surface area contributed by atoms with Crippen molar-refractivity contribution in [2.75, 3.05) is 13.2 Å². The van der Waals surface area contributed by atoms with Crippen LogP contribution in [0.25, 0.3) is 10.9 Å². The first kappa shape index (κ1) is 21.6. The van der Waals surface area contributed by atoms with Crippen molar-refractivity contribution in [1.82, 2.24) is 14.1 Å². The molecule has 4 atom stereocenters. The van der Waals surface area contributed by atoms with E-state index in [9.17, 15) is 18.9 Å². The molecule has 5 rings (SSSR count). The fourth-order valence-corrected chi connectivity index (χ4v) is 7.09. The lowest BCUT2D eigenvalue weighted by molar-refractivity contribution is -0.136. The van der Waals surface area contributed by atoms with Crippen LogP contribution in [0.2, 0.25) is 0 Å². The van der Waals surface area contributed by atoms with Crippen molar-refractivity contribution in [2.45, 2.75) is 37.2 Å². The van der Waals surface area contributed by atoms with E-state index in [4.69, 9.17) is 4.74 Å². The van der Waals surface area contributed by atoms with E-state index >= 15 is 0 Å². The van der Waals surface area contributed by atoms with Gasteiger partial charge in [-0.25, -0.2) is 4.21 Å². The van der Waals surface area contributed by atoms with Crippen molar-refractivity contribution in [2.24, 2.45) is 10.3 Å². The molecular formula is C23H24N4O5S. The number of rotatable bonds is 6. The molecule has 1 fully saturated rings. The summed E-state index contributed by atoms with van der Waals surface area (Å²) in [6.07, 6.45) is -0.195. The molecule has 10 heteroatoms. The van der Waals surface area contributed by atoms with E-state index < -0.39 is 27.8 Å². The average Bonchev–Trinajstić information content (AvgIpc) is 3.40. The van der Waals surface area contributed by atoms with Crippen molar-refractivity contribution >= 4 is 32.7 Å². The van der Waals surface area contributed by atoms with Crippen LogP contribution in [0.1, 0.15) is 25.6 Å². The third kappa shape index (κ3) is 3.41. The minimum atomic E-state index is -3.11. The van der Waals surface area contributed by atoms with Gasteiger partial charge in [0.2, 0.25) is 0 Å². The third-order valence-electron chi connectivity index (χ3n) is 6.33. The van der Waals surface area contributed by atoms with Crippen LogP contribution in [0.3, 0.4) is 0 Å². The Morgan fingerprint density at radius 2 is 1.94 bits per heavy atom. The van der Waals surface area contributed by atoms with Crippen LogP contribution < -0.4 is 4.74 Å². The monoisotopic (exact) mass is 468 g/mol. The molecule has 1 amide bonds. The summed E-state index contributed by atoms with van der Waals surface area (Å²) >= 11 is 0. The largest absolute Gasteiger partial charge is 0.494 e. The van der Waals surface area contributed by atoms with E-state index in [2.05, 4.69) is 9.46 Å². The second-order valence-electron chi connectivity index (χ2n) is 8.28. The molecule has 1 saturated heterocycles. The standard InChI is InChI=1S/C23H24N4O5S/c1-3-32-15-8-10-16(11-9-15)33(31)25-23(30)22-14(2)20(13-26(22)33)27-19-7-5-4-6-17(19)18(24-27)12-21(28)29/h4-11,14,20,22H,3,12-13H2,1-2H3,(H,28,29)/t14-,20+,22-,33?/m1/s1. The minimum absolute atomic E-state index is 0.195. The predicted octanol–water partition coefficient (Wildman–Crippen LogP) is 2.91. The zero-order valence-corrected chi connectivity index (χ0v) is 19.1. The highest BCUT2D eigenvalue weighted by Crippen LogP contribution is 2.43. The molecule has 1 N–H and O–H groups in total. The highest BCUT2D eigenvalue weighted by Gasteiger charge is 2.53. The van der Waals surface area contributed by atoms with Crippen LogP contribution >= 0.6 is 0 Å². The number of carbonyl (C=O) groups is 2. The molecule has 172 valence electrons. The second-order valence-corrected chi connectivity index (χ2v) is 10.4. The molecule has 1 unspecified atom stereocenters. The SMILES string of the molecule is CCOc1ccc(S2(=O)=NC(=O)[C@H]3[C@H](C)[C@@H](n4nc(CC(=O)O)c5ccccc54)CN32)cc1. The quantitative estimate of drug-likeness (QED) is 0.595. The number of nitrogens with zero attached hydrogens (tertiary/aromatic N) is 4. The van der Waals surface area contributed by atoms with Crippen molar-refractivity contribution in [1.29, 1.82) is 0 Å². The number of aromatic nitrogens is 2. The number of hydrogen-bond acceptors (Lipinski definition) is 5. The number of para-hydroxylation sites is 1. The summed E-state index contributed by atoms with van der Waals surface area (Å²) in [7, 11) is -3.11. The molecule has 0 bridgehead atoms. The molecule has 3 aromatic rings. The van der Waals surface area contributed by atoms with Gasteiger partial charge in [-0.3, -0.25) is 14.3 Å². The highest BCUT2D eigenvalue weighted by molar-refractivity contribution is 7.92. The Morgan fingerprint density at radius 1 is 1.21 bits per heavy atom. The fraction of sp³-hybridized carbons (Fsp3) is 0.348. The fourth-order valence-electron chi connectivity index (χ4n) is 4.82. The first-order valence-corrected chi connectivity index (χ1v) is 12.3. The maximum atomic E-state index is 14.0. The van der Waals surface area contributed by atoms with Gasteiger partial charge < -0.3 is 9.84 Å². The second kappa shape index (κ2) is 7.96. The number of fused-ring (bicyclic) bond motifs is 2. The summed E-state index contributed by atoms with van der Waals surface area (Å²) in [6.45, 7) is 4.65. The molecular weight excluding hydrogens is 444 g/mol. The first-order valence-electron chi connectivity index (χ1n) is 10.8. The van der Waals surface area contributed by atoms with Crippen molar-refractivity contribution in [3.8, 4) is 5.75 Å². The third-order valence-corrected chi connectivity index (χ3v) is 8.66. The predicted molar refractivity (Wildman–Crippen MR) is 121 cm³/mol. The number of carbonyl (C=O) groups excluding carboxylic acids is 1. The van der Waals surface area contributed by atoms with E-state index in [1.54, 1.807) is 33.3 Å². The van der Waals surface area contributed by atoms with E-state index in [1.807, 2.05) is 38.1 Å². The molecule has 2 aliphatic heterocycles. The molecule has 0 saturated carbocycles. The van der Waals surface area contributed by atoms with Crippen LogP contribution in [0.5, 0.6) is 5.75 Å². The summed E-state index contributed by atoms with van der Waals surface area (Å²) in [5.41, 5.74) is 1.27. The molecule has 3 heterocycles. The lowest BCUT2D eigenvalue weighted by Crippen LogP contribution is -2.35. The topological polar surface area (TPSA) is 114 Å². The lowest BCUT2D eigenvalue weighted by Gasteiger charge is -2.19. The summed E-state index contributed by atoms with van der Waals surface area (Å²) in [6, 6.07) is 13.4. The van der Waals surface area contributed by atoms with Crippen molar-refractivity contribution < 1.29 is 23.6 Å². The summed E-state index contributed by atoms with van der Waals surface area (Å²) in [5.74, 6) is -0.913. The van der Waals surface area contributed by atoms with Gasteiger partial charge in [0, 0.05) is 17.8 Å². The van der Waals surface area contributed by atoms with Gasteiger partial charge in [0.15, 0.2) is 0 Å². The van der Waals surface area contributed by atoms with Crippen molar-refractivity contribution in [3.63, 3.8) is 0 Å². The van der Waals surface area contributed by atoms with Gasteiger partial charge in [-0.2, -0.15) is 9.40 Å². The molecule has 9 nitrogen and oxygen atoms in total. The Labute approximate surface area is 191 Å². The van der Waals surface area contributed by atoms with Gasteiger partial charge in [0.25, 0.3) is 5.91 Å². The number of aliphatic carboxylic acids is 1. The summed E-state index contributed by atoms with van der Waals surface area (Å²) in [4.78, 5) is 24.7. The van der Waals surface area contributed by atoms with Crippen LogP contribution in [0, 0.1) is 5.92 Å². The van der Waals surface area contributed by atoms with Crippen LogP contribution in [0.15, 0.2) is 57.8 Å². The number of ether oxygens (including phenoxy) is 1. The lowest BCUT2D eigenvalue weighted by atomic mass is 9.98. The smallest absolute Gasteiger partial charge is 0.309 e. The maximum absolute atomic E-state index is 14.0. The van der Waals surface area contributed by atoms with E-state index in [0.717, 1.165) is 10.9 Å². The van der Waals surface area contributed by atoms with Gasteiger partial charge in [-0.05, 0) is 37.3 Å². The Hall–Kier alpha value is -3.24. The summed E-state index contributed by atoms with van der Waals surface area (Å²) in [5, 5.41) is 14.7. The zero-order valence-electron chi connectivity index (χ0n) is 18.2. The number of carboxylic acid groups (broad SMARTS) is 1. The van der Waals surface area contributed by atoms with Crippen molar-refractivity contribution in [3.05, 3.63) is 54.2 Å². The molecule has 0 aliphatic carbocycles. The number of carboxylic acids is 1. The molecule has 2 aliphatic rings. The highest BCUT2D eigenvalue weighted by atomic mass is 32.2. The van der Waals surface area contributed by atoms with Gasteiger partial charge in [-0.15, -0.1) is 4.36 Å². The van der Waals surface area contributed by atoms with E-state index in [0.29, 0.717) is 29.5 Å². The Bertz CT molecular complexity index is 1370. The van der Waals surface area contributed by atoms with Gasteiger partial charge in [-0.1, -0.05) is 25.1 Å². The molecule has 1 aromatic heterocycles. The van der Waals surface area contributed by atoms with Gasteiger partial charge in [0.05, 0.1) is 35.2 Å². The maximum Gasteiger partial charge on any atom is 0.309 e. The molecule has 0 radical (unpaired) electrons. The molecule has 0 spiro atoms. The zero-order chi connectivity index (χ0) is 23.3. The van der Waals surface area contributed by atoms with Gasteiger partial charge >= 0.3 is 5.97 Å². The Kier molecular flexibility index (Phi) is 5.21. The normalized spacial score (nSPS) is 27.0. The Morgan fingerprint density at radius 3 is 2.64 bits per heavy atom. The Balaban J connectivity index is 1.54. The minimum Gasteiger partial charge on any atom is -0.494 e. The van der Waals surface area contributed by atoms with Gasteiger partial charge in [0.1, 0.15) is 21.7 Å². The number of hydrogen-bond donors (Lipinski definition) is 1. The first-order chi connectivity index (χ1) is 15.8. The van der Waals surface area contributed by atoms with E-state index in [-0.39, 0.29) is 18.4 Å². The number of benzene rings is 2. The van der Waals surface area contributed by atoms with Crippen LogP contribution in [-0.2, 0) is 25.9 Å². The molecule has 33 heavy (non-hydrogen) atoms. The van der Waals surface area contributed by atoms with Crippen LogP contribution in [0.4, 0.5) is 0 Å². The molecule has 2 aromatic carbocycles. The average molecular weight is 469 g/mol.